The first-order chi connectivity index (χ1) is 20.3. The van der Waals surface area contributed by atoms with Crippen molar-refractivity contribution in [1.29, 1.82) is 0 Å². The van der Waals surface area contributed by atoms with Gasteiger partial charge in [0.25, 0.3) is 5.91 Å². The minimum atomic E-state index is -0.595. The first-order valence-electron chi connectivity index (χ1n) is 13.4. The molecule has 3 N–H and O–H groups in total. The fourth-order valence-corrected chi connectivity index (χ4v) is 5.06. The number of anilines is 2. The number of nitrogens with one attached hydrogen (secondary N) is 1. The van der Waals surface area contributed by atoms with Crippen LogP contribution in [-0.4, -0.2) is 43.6 Å². The van der Waals surface area contributed by atoms with Crippen molar-refractivity contribution in [1.82, 2.24) is 24.5 Å². The van der Waals surface area contributed by atoms with Crippen LogP contribution in [0.15, 0.2) is 73.2 Å². The van der Waals surface area contributed by atoms with Gasteiger partial charge in [0.15, 0.2) is 11.6 Å². The van der Waals surface area contributed by atoms with Crippen LogP contribution in [0.25, 0.3) is 33.4 Å². The van der Waals surface area contributed by atoms with Gasteiger partial charge >= 0.3 is 6.01 Å². The van der Waals surface area contributed by atoms with Crippen LogP contribution in [0.3, 0.4) is 0 Å². The van der Waals surface area contributed by atoms with E-state index in [1.807, 2.05) is 24.3 Å². The zero-order chi connectivity index (χ0) is 29.4. The lowest BCUT2D eigenvalue weighted by molar-refractivity contribution is -0.112. The number of benzene rings is 2. The molecular formula is C31H28FN7O3. The summed E-state index contributed by atoms with van der Waals surface area (Å²) in [7, 11) is 0. The third-order valence-electron chi connectivity index (χ3n) is 7.08. The third kappa shape index (κ3) is 5.06. The zero-order valence-corrected chi connectivity index (χ0v) is 23.1. The second kappa shape index (κ2) is 11.0. The number of carbonyl (C=O) groups excluding carboxylic acids is 1. The predicted octanol–water partition coefficient (Wildman–Crippen LogP) is 5.85. The number of nitrogens with zero attached hydrogens (tertiary/aromatic N) is 5. The molecule has 0 aliphatic carbocycles. The Morgan fingerprint density at radius 2 is 1.93 bits per heavy atom. The lowest BCUT2D eigenvalue weighted by Gasteiger charge is -2.18. The normalized spacial score (nSPS) is 14.7. The van der Waals surface area contributed by atoms with Gasteiger partial charge in [0.2, 0.25) is 0 Å². The van der Waals surface area contributed by atoms with Gasteiger partial charge in [-0.2, -0.15) is 0 Å². The Bertz CT molecular complexity index is 1830. The van der Waals surface area contributed by atoms with Crippen LogP contribution in [0.4, 0.5) is 15.9 Å². The summed E-state index contributed by atoms with van der Waals surface area (Å²) < 4.78 is 29.1. The largest absolute Gasteiger partial charge is 0.421 e. The molecule has 1 atom stereocenters. The number of carbonyl (C=O) groups is 1. The molecule has 1 saturated heterocycles. The molecule has 0 radical (unpaired) electrons. The number of aromatic nitrogens is 5. The highest BCUT2D eigenvalue weighted by Gasteiger charge is 2.30. The van der Waals surface area contributed by atoms with Crippen LogP contribution in [0, 0.1) is 12.7 Å². The number of ether oxygens (including phenoxy) is 2. The molecule has 212 valence electrons. The highest BCUT2D eigenvalue weighted by Crippen LogP contribution is 2.45. The Morgan fingerprint density at radius 1 is 1.14 bits per heavy atom. The summed E-state index contributed by atoms with van der Waals surface area (Å²) >= 11 is 0. The third-order valence-corrected chi connectivity index (χ3v) is 7.08. The lowest BCUT2D eigenvalue weighted by atomic mass is 9.98. The van der Waals surface area contributed by atoms with Crippen LogP contribution in [0.1, 0.15) is 25.1 Å². The summed E-state index contributed by atoms with van der Waals surface area (Å²) in [6, 6.07) is 13.8. The molecule has 1 amide bonds. The summed E-state index contributed by atoms with van der Waals surface area (Å²) in [6.07, 6.45) is 3.74. The highest BCUT2D eigenvalue weighted by molar-refractivity contribution is 6.08. The quantitative estimate of drug-likeness (QED) is 0.235. The minimum Gasteiger partial charge on any atom is -0.421 e. The summed E-state index contributed by atoms with van der Waals surface area (Å²) in [5, 5.41) is 3.43. The van der Waals surface area contributed by atoms with Crippen molar-refractivity contribution in [2.75, 3.05) is 24.3 Å². The van der Waals surface area contributed by atoms with Gasteiger partial charge in [-0.15, -0.1) is 0 Å². The molecule has 6 rings (SSSR count). The summed E-state index contributed by atoms with van der Waals surface area (Å²) in [4.78, 5) is 29.3. The van der Waals surface area contributed by atoms with Crippen molar-refractivity contribution in [3.05, 3.63) is 84.7 Å². The molecule has 0 unspecified atom stereocenters. The van der Waals surface area contributed by atoms with E-state index < -0.39 is 5.82 Å². The Hall–Kier alpha value is -5.16. The number of rotatable bonds is 7. The molecule has 1 fully saturated rings. The summed E-state index contributed by atoms with van der Waals surface area (Å²) in [5.74, 6) is -0.603. The Kier molecular flexibility index (Phi) is 7.09. The van der Waals surface area contributed by atoms with Crippen molar-refractivity contribution in [3.8, 4) is 34.1 Å². The molecule has 1 aliphatic heterocycles. The van der Waals surface area contributed by atoms with Gasteiger partial charge in [-0.05, 0) is 61.7 Å². The molecule has 0 saturated carbocycles. The molecule has 5 aromatic rings. The standard InChI is InChI=1S/C31H28FN7O3/c1-17(2)30(40)38-21-7-4-19(5-8-21)27-25(26-28(33)35-16-36-29(26)39(27)22-11-13-41-15-22)20-6-9-24(23(32)14-20)42-31-34-12-10-18(3)37-31/h4-10,12,14,16,22H,1,11,13,15H2,2-3H3,(H,38,40)(H2,33,35,36)/t22-/m1/s1. The predicted molar refractivity (Wildman–Crippen MR) is 158 cm³/mol. The minimum absolute atomic E-state index is 0.0133. The second-order valence-corrected chi connectivity index (χ2v) is 10.1. The van der Waals surface area contributed by atoms with E-state index in [1.165, 1.54) is 18.5 Å². The van der Waals surface area contributed by atoms with Crippen LogP contribution in [-0.2, 0) is 9.53 Å². The van der Waals surface area contributed by atoms with E-state index in [0.717, 1.165) is 17.7 Å². The number of amides is 1. The van der Waals surface area contributed by atoms with E-state index in [4.69, 9.17) is 15.2 Å². The fourth-order valence-electron chi connectivity index (χ4n) is 5.06. The van der Waals surface area contributed by atoms with Crippen LogP contribution >= 0.6 is 0 Å². The van der Waals surface area contributed by atoms with E-state index in [1.54, 1.807) is 32.2 Å². The van der Waals surface area contributed by atoms with Gasteiger partial charge in [0.05, 0.1) is 23.7 Å². The number of halogens is 1. The zero-order valence-electron chi connectivity index (χ0n) is 23.1. The Balaban J connectivity index is 1.52. The number of fused-ring (bicyclic) bond motifs is 1. The van der Waals surface area contributed by atoms with Gasteiger partial charge in [-0.1, -0.05) is 24.8 Å². The van der Waals surface area contributed by atoms with Crippen molar-refractivity contribution in [2.24, 2.45) is 0 Å². The van der Waals surface area contributed by atoms with E-state index >= 15 is 4.39 Å². The molecule has 2 aromatic carbocycles. The van der Waals surface area contributed by atoms with Crippen LogP contribution in [0.2, 0.25) is 0 Å². The van der Waals surface area contributed by atoms with Gasteiger partial charge in [-0.25, -0.2) is 24.3 Å². The topological polar surface area (TPSA) is 130 Å². The molecule has 3 aromatic heterocycles. The average Bonchev–Trinajstić information content (AvgIpc) is 3.61. The molecule has 11 heteroatoms. The average molecular weight is 566 g/mol. The maximum Gasteiger partial charge on any atom is 0.322 e. The van der Waals surface area contributed by atoms with Gasteiger partial charge < -0.3 is 25.1 Å². The molecule has 4 heterocycles. The van der Waals surface area contributed by atoms with Crippen molar-refractivity contribution in [2.45, 2.75) is 26.3 Å². The van der Waals surface area contributed by atoms with Crippen molar-refractivity contribution >= 4 is 28.4 Å². The Labute approximate surface area is 241 Å². The monoisotopic (exact) mass is 565 g/mol. The number of aryl methyl sites for hydroxylation is 1. The second-order valence-electron chi connectivity index (χ2n) is 10.1. The molecule has 42 heavy (non-hydrogen) atoms. The first kappa shape index (κ1) is 27.0. The summed E-state index contributed by atoms with van der Waals surface area (Å²) in [5.41, 5.74) is 11.6. The molecule has 10 nitrogen and oxygen atoms in total. The fraction of sp³-hybridized carbons (Fsp3) is 0.194. The number of nitrogen functional groups attached to an aromatic ring is 1. The van der Waals surface area contributed by atoms with E-state index in [2.05, 4.69) is 36.4 Å². The SMILES string of the molecule is C=C(C)C(=O)Nc1ccc(-c2c(-c3ccc(Oc4nccc(C)n4)c(F)c3)c3c(N)ncnc3n2[C@@H]2CCOC2)cc1. The molecule has 0 bridgehead atoms. The first-order valence-corrected chi connectivity index (χ1v) is 13.4. The van der Waals surface area contributed by atoms with Crippen molar-refractivity contribution < 1.29 is 18.7 Å². The smallest absolute Gasteiger partial charge is 0.322 e. The lowest BCUT2D eigenvalue weighted by Crippen LogP contribution is -2.12. The van der Waals surface area contributed by atoms with E-state index in [9.17, 15) is 4.79 Å². The van der Waals surface area contributed by atoms with Gasteiger partial charge in [-0.3, -0.25) is 4.79 Å². The van der Waals surface area contributed by atoms with Crippen LogP contribution in [0.5, 0.6) is 11.8 Å². The molecule has 0 spiro atoms. The number of hydrogen-bond acceptors (Lipinski definition) is 8. The van der Waals surface area contributed by atoms with Gasteiger partial charge in [0, 0.05) is 35.3 Å². The van der Waals surface area contributed by atoms with Crippen molar-refractivity contribution in [3.63, 3.8) is 0 Å². The number of nitrogens with two attached hydrogens (primary N) is 1. The van der Waals surface area contributed by atoms with E-state index in [-0.39, 0.29) is 29.5 Å². The van der Waals surface area contributed by atoms with Gasteiger partial charge in [0.1, 0.15) is 17.8 Å². The van der Waals surface area contributed by atoms with Crippen LogP contribution < -0.4 is 15.8 Å². The molecule has 1 aliphatic rings. The van der Waals surface area contributed by atoms with E-state index in [0.29, 0.717) is 52.3 Å². The molecular weight excluding hydrogens is 537 g/mol. The summed E-state index contributed by atoms with van der Waals surface area (Å²) in [6.45, 7) is 8.23. The highest BCUT2D eigenvalue weighted by atomic mass is 19.1. The maximum atomic E-state index is 15.6. The maximum absolute atomic E-state index is 15.6. The number of hydrogen-bond donors (Lipinski definition) is 2. The Morgan fingerprint density at radius 3 is 2.62 bits per heavy atom.